The van der Waals surface area contributed by atoms with E-state index < -0.39 is 0 Å². The zero-order valence-corrected chi connectivity index (χ0v) is 9.46. The SMILES string of the molecule is CCn1nccc1C(N)c1ccnc(C)n1. The topological polar surface area (TPSA) is 69.6 Å². The largest absolute Gasteiger partial charge is 0.318 e. The van der Waals surface area contributed by atoms with Crippen LogP contribution in [0.5, 0.6) is 0 Å². The minimum absolute atomic E-state index is 0.246. The fraction of sp³-hybridized carbons (Fsp3) is 0.364. The van der Waals surface area contributed by atoms with Gasteiger partial charge in [-0.15, -0.1) is 0 Å². The Morgan fingerprint density at radius 2 is 2.19 bits per heavy atom. The van der Waals surface area contributed by atoms with Gasteiger partial charge >= 0.3 is 0 Å². The van der Waals surface area contributed by atoms with Crippen LogP contribution in [0.1, 0.15) is 30.2 Å². The lowest BCUT2D eigenvalue weighted by Gasteiger charge is -2.12. The lowest BCUT2D eigenvalue weighted by Crippen LogP contribution is -2.18. The van der Waals surface area contributed by atoms with Crippen LogP contribution >= 0.6 is 0 Å². The number of hydrogen-bond donors (Lipinski definition) is 1. The van der Waals surface area contributed by atoms with Gasteiger partial charge in [0.05, 0.1) is 17.4 Å². The van der Waals surface area contributed by atoms with Crippen molar-refractivity contribution in [3.05, 3.63) is 41.7 Å². The van der Waals surface area contributed by atoms with Crippen molar-refractivity contribution >= 4 is 0 Å². The van der Waals surface area contributed by atoms with Gasteiger partial charge in [0.25, 0.3) is 0 Å². The molecular formula is C11H15N5. The molecule has 1 unspecified atom stereocenters. The lowest BCUT2D eigenvalue weighted by atomic mass is 10.1. The maximum absolute atomic E-state index is 6.15. The van der Waals surface area contributed by atoms with Crippen molar-refractivity contribution in [2.45, 2.75) is 26.4 Å². The molecule has 2 rings (SSSR count). The smallest absolute Gasteiger partial charge is 0.125 e. The zero-order chi connectivity index (χ0) is 11.5. The van der Waals surface area contributed by atoms with Crippen molar-refractivity contribution in [1.82, 2.24) is 19.7 Å². The van der Waals surface area contributed by atoms with E-state index >= 15 is 0 Å². The van der Waals surface area contributed by atoms with Crippen LogP contribution in [0.15, 0.2) is 24.5 Å². The Labute approximate surface area is 94.3 Å². The summed E-state index contributed by atoms with van der Waals surface area (Å²) in [6.07, 6.45) is 3.48. The molecule has 1 atom stereocenters. The molecule has 0 aliphatic rings. The van der Waals surface area contributed by atoms with E-state index in [0.717, 1.165) is 23.8 Å². The summed E-state index contributed by atoms with van der Waals surface area (Å²) in [6.45, 7) is 4.70. The summed E-state index contributed by atoms with van der Waals surface area (Å²) in [5.41, 5.74) is 7.95. The van der Waals surface area contributed by atoms with Gasteiger partial charge in [0, 0.05) is 18.9 Å². The Balaban J connectivity index is 2.35. The molecule has 16 heavy (non-hydrogen) atoms. The quantitative estimate of drug-likeness (QED) is 0.834. The predicted octanol–water partition coefficient (Wildman–Crippen LogP) is 1.05. The van der Waals surface area contributed by atoms with Gasteiger partial charge in [0.2, 0.25) is 0 Å². The molecule has 2 heterocycles. The number of hydrogen-bond acceptors (Lipinski definition) is 4. The molecular weight excluding hydrogens is 202 g/mol. The molecule has 0 bridgehead atoms. The first-order valence-electron chi connectivity index (χ1n) is 5.29. The predicted molar refractivity (Wildman–Crippen MR) is 60.7 cm³/mol. The molecule has 0 aliphatic carbocycles. The molecule has 0 saturated carbocycles. The van der Waals surface area contributed by atoms with Gasteiger partial charge in [-0.05, 0) is 26.0 Å². The molecule has 2 N–H and O–H groups in total. The van der Waals surface area contributed by atoms with E-state index in [1.165, 1.54) is 0 Å². The Morgan fingerprint density at radius 3 is 2.88 bits per heavy atom. The highest BCUT2D eigenvalue weighted by Crippen LogP contribution is 2.16. The van der Waals surface area contributed by atoms with Gasteiger partial charge in [-0.25, -0.2) is 9.97 Å². The molecule has 0 fully saturated rings. The Hall–Kier alpha value is -1.75. The average molecular weight is 217 g/mol. The van der Waals surface area contributed by atoms with Crippen LogP contribution < -0.4 is 5.73 Å². The third kappa shape index (κ3) is 1.94. The van der Waals surface area contributed by atoms with E-state index in [1.807, 2.05) is 30.7 Å². The second-order valence-electron chi connectivity index (χ2n) is 3.58. The van der Waals surface area contributed by atoms with Crippen molar-refractivity contribution in [3.63, 3.8) is 0 Å². The van der Waals surface area contributed by atoms with E-state index in [-0.39, 0.29) is 6.04 Å². The zero-order valence-electron chi connectivity index (χ0n) is 9.46. The van der Waals surface area contributed by atoms with E-state index in [1.54, 1.807) is 12.4 Å². The van der Waals surface area contributed by atoms with Gasteiger partial charge in [-0.3, -0.25) is 4.68 Å². The molecule has 84 valence electrons. The van der Waals surface area contributed by atoms with E-state index in [9.17, 15) is 0 Å². The highest BCUT2D eigenvalue weighted by atomic mass is 15.3. The van der Waals surface area contributed by atoms with Crippen molar-refractivity contribution in [3.8, 4) is 0 Å². The fourth-order valence-corrected chi connectivity index (χ4v) is 1.67. The van der Waals surface area contributed by atoms with E-state index in [2.05, 4.69) is 15.1 Å². The summed E-state index contributed by atoms with van der Waals surface area (Å²) < 4.78 is 1.88. The average Bonchev–Trinajstić information content (AvgIpc) is 2.76. The van der Waals surface area contributed by atoms with Crippen molar-refractivity contribution in [1.29, 1.82) is 0 Å². The third-order valence-corrected chi connectivity index (χ3v) is 2.48. The number of nitrogens with zero attached hydrogens (tertiary/aromatic N) is 4. The normalized spacial score (nSPS) is 12.7. The summed E-state index contributed by atoms with van der Waals surface area (Å²) in [5.74, 6) is 0.732. The number of aromatic nitrogens is 4. The highest BCUT2D eigenvalue weighted by molar-refractivity contribution is 5.20. The summed E-state index contributed by atoms with van der Waals surface area (Å²) in [7, 11) is 0. The van der Waals surface area contributed by atoms with Crippen LogP contribution in [0.4, 0.5) is 0 Å². The molecule has 5 heteroatoms. The van der Waals surface area contributed by atoms with Crippen molar-refractivity contribution in [2.75, 3.05) is 0 Å². The van der Waals surface area contributed by atoms with Gasteiger partial charge in [-0.1, -0.05) is 0 Å². The molecule has 0 radical (unpaired) electrons. The van der Waals surface area contributed by atoms with Crippen LogP contribution in [-0.4, -0.2) is 19.7 Å². The molecule has 0 saturated heterocycles. The van der Waals surface area contributed by atoms with Crippen LogP contribution in [0.25, 0.3) is 0 Å². The first kappa shape index (κ1) is 10.8. The molecule has 2 aromatic heterocycles. The van der Waals surface area contributed by atoms with Gasteiger partial charge in [-0.2, -0.15) is 5.10 Å². The molecule has 0 aromatic carbocycles. The maximum Gasteiger partial charge on any atom is 0.125 e. The van der Waals surface area contributed by atoms with Crippen LogP contribution in [-0.2, 0) is 6.54 Å². The first-order chi connectivity index (χ1) is 7.72. The molecule has 0 amide bonds. The van der Waals surface area contributed by atoms with E-state index in [4.69, 9.17) is 5.73 Å². The summed E-state index contributed by atoms with van der Waals surface area (Å²) >= 11 is 0. The number of aryl methyl sites for hydroxylation is 2. The maximum atomic E-state index is 6.15. The van der Waals surface area contributed by atoms with Gasteiger partial charge < -0.3 is 5.73 Å². The van der Waals surface area contributed by atoms with E-state index in [0.29, 0.717) is 0 Å². The summed E-state index contributed by atoms with van der Waals surface area (Å²) in [5, 5.41) is 4.20. The second kappa shape index (κ2) is 4.40. The number of rotatable bonds is 3. The van der Waals surface area contributed by atoms with Crippen LogP contribution in [0.2, 0.25) is 0 Å². The van der Waals surface area contributed by atoms with Gasteiger partial charge in [0.1, 0.15) is 5.82 Å². The molecule has 0 aliphatic heterocycles. The summed E-state index contributed by atoms with van der Waals surface area (Å²) in [4.78, 5) is 8.38. The van der Waals surface area contributed by atoms with Crippen LogP contribution in [0, 0.1) is 6.92 Å². The standard InChI is InChI=1S/C11H15N5/c1-3-16-10(5-7-14-16)11(12)9-4-6-13-8(2)15-9/h4-7,11H,3,12H2,1-2H3. The summed E-state index contributed by atoms with van der Waals surface area (Å²) in [6, 6.07) is 3.51. The Morgan fingerprint density at radius 1 is 1.38 bits per heavy atom. The third-order valence-electron chi connectivity index (χ3n) is 2.48. The van der Waals surface area contributed by atoms with Crippen molar-refractivity contribution < 1.29 is 0 Å². The Kier molecular flexibility index (Phi) is 2.96. The minimum Gasteiger partial charge on any atom is -0.318 e. The molecule has 2 aromatic rings. The monoisotopic (exact) mass is 217 g/mol. The first-order valence-corrected chi connectivity index (χ1v) is 5.29. The van der Waals surface area contributed by atoms with Gasteiger partial charge in [0.15, 0.2) is 0 Å². The van der Waals surface area contributed by atoms with Crippen molar-refractivity contribution in [2.24, 2.45) is 5.73 Å². The molecule has 0 spiro atoms. The lowest BCUT2D eigenvalue weighted by molar-refractivity contribution is 0.595. The number of nitrogens with two attached hydrogens (primary N) is 1. The Bertz CT molecular complexity index is 477. The van der Waals surface area contributed by atoms with Crippen LogP contribution in [0.3, 0.4) is 0 Å². The second-order valence-corrected chi connectivity index (χ2v) is 3.58. The molecule has 5 nitrogen and oxygen atoms in total. The fourth-order valence-electron chi connectivity index (χ4n) is 1.67. The highest BCUT2D eigenvalue weighted by Gasteiger charge is 2.14. The minimum atomic E-state index is -0.246.